The van der Waals surface area contributed by atoms with Crippen LogP contribution < -0.4 is 14.4 Å². The molecule has 0 N–H and O–H groups in total. The van der Waals surface area contributed by atoms with Crippen LogP contribution >= 0.6 is 0 Å². The maximum Gasteiger partial charge on any atom is 0.259 e. The van der Waals surface area contributed by atoms with Crippen molar-refractivity contribution in [2.45, 2.75) is 20.5 Å². The Morgan fingerprint density at radius 3 is 2.47 bits per heavy atom. The number of halogens is 1. The highest BCUT2D eigenvalue weighted by Crippen LogP contribution is 2.39. The number of fused-ring (bicyclic) bond motifs is 1. The molecule has 3 aromatic rings. The van der Waals surface area contributed by atoms with Crippen molar-refractivity contribution < 1.29 is 18.7 Å². The highest BCUT2D eigenvalue weighted by molar-refractivity contribution is 6.35. The van der Waals surface area contributed by atoms with E-state index in [0.717, 1.165) is 22.4 Å². The van der Waals surface area contributed by atoms with Gasteiger partial charge in [0, 0.05) is 17.7 Å². The quantitative estimate of drug-likeness (QED) is 0.434. The third kappa shape index (κ3) is 4.52. The monoisotopic (exact) mass is 431 g/mol. The zero-order valence-electron chi connectivity index (χ0n) is 18.5. The molecule has 32 heavy (non-hydrogen) atoms. The molecule has 1 aliphatic rings. The molecule has 3 aromatic carbocycles. The summed E-state index contributed by atoms with van der Waals surface area (Å²) in [6, 6.07) is 19.6. The summed E-state index contributed by atoms with van der Waals surface area (Å²) < 4.78 is 24.5. The fourth-order valence-corrected chi connectivity index (χ4v) is 3.79. The van der Waals surface area contributed by atoms with Crippen molar-refractivity contribution in [2.75, 3.05) is 18.6 Å². The van der Waals surface area contributed by atoms with Crippen molar-refractivity contribution in [3.63, 3.8) is 0 Å². The molecule has 0 bridgehead atoms. The first-order chi connectivity index (χ1) is 15.5. The molecule has 0 aromatic heterocycles. The van der Waals surface area contributed by atoms with Crippen molar-refractivity contribution in [1.29, 1.82) is 0 Å². The van der Waals surface area contributed by atoms with Gasteiger partial charge in [-0.05, 0) is 53.5 Å². The average Bonchev–Trinajstić information content (AvgIpc) is 3.04. The average molecular weight is 432 g/mol. The van der Waals surface area contributed by atoms with E-state index in [2.05, 4.69) is 13.8 Å². The molecule has 4 rings (SSSR count). The number of rotatable bonds is 7. The molecule has 0 spiro atoms. The summed E-state index contributed by atoms with van der Waals surface area (Å²) in [6.45, 7) is 5.18. The van der Waals surface area contributed by atoms with Gasteiger partial charge in [-0.1, -0.05) is 50.2 Å². The van der Waals surface area contributed by atoms with E-state index >= 15 is 0 Å². The van der Waals surface area contributed by atoms with Crippen molar-refractivity contribution in [2.24, 2.45) is 5.92 Å². The maximum absolute atomic E-state index is 13.2. The van der Waals surface area contributed by atoms with Crippen LogP contribution in [0.5, 0.6) is 11.5 Å². The Hall–Kier alpha value is -3.60. The Kier molecular flexibility index (Phi) is 6.26. The van der Waals surface area contributed by atoms with Gasteiger partial charge in [0.1, 0.15) is 12.4 Å². The van der Waals surface area contributed by atoms with Gasteiger partial charge in [0.15, 0.2) is 11.5 Å². The van der Waals surface area contributed by atoms with Crippen molar-refractivity contribution >= 4 is 23.2 Å². The minimum Gasteiger partial charge on any atom is -0.493 e. The SMILES string of the molecule is COc1cc(/C=C2\C(=O)N(CC(C)C)c3ccccc32)ccc1OCc1ccc(F)cc1. The number of anilines is 1. The number of ether oxygens (including phenoxy) is 2. The molecular formula is C27H26FNO3. The van der Waals surface area contributed by atoms with Crippen LogP contribution in [0.2, 0.25) is 0 Å². The van der Waals surface area contributed by atoms with Gasteiger partial charge in [0.05, 0.1) is 12.8 Å². The van der Waals surface area contributed by atoms with Gasteiger partial charge in [-0.25, -0.2) is 4.39 Å². The van der Waals surface area contributed by atoms with Crippen molar-refractivity contribution in [1.82, 2.24) is 0 Å². The lowest BCUT2D eigenvalue weighted by Crippen LogP contribution is -2.30. The fraction of sp³-hybridized carbons (Fsp3) is 0.222. The smallest absolute Gasteiger partial charge is 0.259 e. The van der Waals surface area contributed by atoms with E-state index in [0.29, 0.717) is 36.1 Å². The lowest BCUT2D eigenvalue weighted by Gasteiger charge is -2.19. The van der Waals surface area contributed by atoms with E-state index in [9.17, 15) is 9.18 Å². The molecule has 0 fully saturated rings. The molecule has 0 saturated carbocycles. The van der Waals surface area contributed by atoms with Crippen LogP contribution in [-0.2, 0) is 11.4 Å². The number of benzene rings is 3. The van der Waals surface area contributed by atoms with E-state index in [1.165, 1.54) is 12.1 Å². The fourth-order valence-electron chi connectivity index (χ4n) is 3.79. The molecule has 0 unspecified atom stereocenters. The van der Waals surface area contributed by atoms with Crippen molar-refractivity contribution in [3.8, 4) is 11.5 Å². The minimum absolute atomic E-state index is 0.00973. The minimum atomic E-state index is -0.279. The second-order valence-electron chi connectivity index (χ2n) is 8.21. The standard InChI is InChI=1S/C27H26FNO3/c1-18(2)16-29-24-7-5-4-6-22(24)23(27(29)30)14-20-10-13-25(26(15-20)31-3)32-17-19-8-11-21(28)12-9-19/h4-15,18H,16-17H2,1-3H3/b23-14-. The Labute approximate surface area is 187 Å². The summed E-state index contributed by atoms with van der Waals surface area (Å²) in [5.74, 6) is 1.25. The number of hydrogen-bond acceptors (Lipinski definition) is 3. The Morgan fingerprint density at radius 1 is 1.00 bits per heavy atom. The van der Waals surface area contributed by atoms with Crippen LogP contribution in [0.15, 0.2) is 66.7 Å². The number of amides is 1. The summed E-state index contributed by atoms with van der Waals surface area (Å²) in [4.78, 5) is 15.0. The number of hydrogen-bond donors (Lipinski definition) is 0. The van der Waals surface area contributed by atoms with Crippen LogP contribution in [0.3, 0.4) is 0 Å². The van der Waals surface area contributed by atoms with Crippen LogP contribution in [0.1, 0.15) is 30.5 Å². The van der Waals surface area contributed by atoms with E-state index < -0.39 is 0 Å². The summed E-state index contributed by atoms with van der Waals surface area (Å²) in [7, 11) is 1.58. The third-order valence-electron chi connectivity index (χ3n) is 5.31. The van der Waals surface area contributed by atoms with E-state index in [4.69, 9.17) is 9.47 Å². The first kappa shape index (κ1) is 21.6. The molecule has 1 aliphatic heterocycles. The van der Waals surface area contributed by atoms with Crippen LogP contribution in [0.25, 0.3) is 11.6 Å². The highest BCUT2D eigenvalue weighted by atomic mass is 19.1. The number of carbonyl (C=O) groups is 1. The summed E-state index contributed by atoms with van der Waals surface area (Å²) in [5.41, 5.74) is 4.26. The van der Waals surface area contributed by atoms with E-state index in [1.807, 2.05) is 53.4 Å². The van der Waals surface area contributed by atoms with Gasteiger partial charge < -0.3 is 14.4 Å². The first-order valence-electron chi connectivity index (χ1n) is 10.6. The van der Waals surface area contributed by atoms with Gasteiger partial charge in [0.25, 0.3) is 5.91 Å². The van der Waals surface area contributed by atoms with Crippen LogP contribution in [0.4, 0.5) is 10.1 Å². The summed E-state index contributed by atoms with van der Waals surface area (Å²) >= 11 is 0. The number of nitrogens with zero attached hydrogens (tertiary/aromatic N) is 1. The zero-order valence-corrected chi connectivity index (χ0v) is 18.5. The number of para-hydroxylation sites is 1. The predicted octanol–water partition coefficient (Wildman–Crippen LogP) is 5.96. The largest absolute Gasteiger partial charge is 0.493 e. The third-order valence-corrected chi connectivity index (χ3v) is 5.31. The van der Waals surface area contributed by atoms with Gasteiger partial charge in [-0.2, -0.15) is 0 Å². The van der Waals surface area contributed by atoms with Gasteiger partial charge in [-0.15, -0.1) is 0 Å². The second kappa shape index (κ2) is 9.27. The first-order valence-corrected chi connectivity index (χ1v) is 10.6. The summed E-state index contributed by atoms with van der Waals surface area (Å²) in [6.07, 6.45) is 1.90. The zero-order chi connectivity index (χ0) is 22.7. The molecule has 5 heteroatoms. The van der Waals surface area contributed by atoms with Crippen LogP contribution in [0, 0.1) is 11.7 Å². The number of carbonyl (C=O) groups excluding carboxylic acids is 1. The topological polar surface area (TPSA) is 38.8 Å². The summed E-state index contributed by atoms with van der Waals surface area (Å²) in [5, 5.41) is 0. The maximum atomic E-state index is 13.2. The molecule has 0 atom stereocenters. The molecule has 1 amide bonds. The van der Waals surface area contributed by atoms with Gasteiger partial charge >= 0.3 is 0 Å². The predicted molar refractivity (Wildman–Crippen MR) is 125 cm³/mol. The molecule has 0 radical (unpaired) electrons. The normalized spacial score (nSPS) is 14.2. The van der Waals surface area contributed by atoms with E-state index in [1.54, 1.807) is 19.2 Å². The highest BCUT2D eigenvalue weighted by Gasteiger charge is 2.32. The Bertz CT molecular complexity index is 1150. The Morgan fingerprint density at radius 2 is 1.75 bits per heavy atom. The molecule has 4 nitrogen and oxygen atoms in total. The number of methoxy groups -OCH3 is 1. The van der Waals surface area contributed by atoms with Crippen molar-refractivity contribution in [3.05, 3.63) is 89.2 Å². The van der Waals surface area contributed by atoms with E-state index in [-0.39, 0.29) is 11.7 Å². The van der Waals surface area contributed by atoms with Gasteiger partial charge in [0.2, 0.25) is 0 Å². The Balaban J connectivity index is 1.60. The second-order valence-corrected chi connectivity index (χ2v) is 8.21. The van der Waals surface area contributed by atoms with Crippen LogP contribution in [-0.4, -0.2) is 19.6 Å². The lowest BCUT2D eigenvalue weighted by molar-refractivity contribution is -0.113. The molecule has 0 aliphatic carbocycles. The lowest BCUT2D eigenvalue weighted by atomic mass is 10.0. The van der Waals surface area contributed by atoms with Gasteiger partial charge in [-0.3, -0.25) is 4.79 Å². The molecule has 164 valence electrons. The molecule has 1 heterocycles. The molecular weight excluding hydrogens is 405 g/mol. The molecule has 0 saturated heterocycles.